The summed E-state index contributed by atoms with van der Waals surface area (Å²) >= 11 is 4.64. The van der Waals surface area contributed by atoms with E-state index in [-0.39, 0.29) is 18.3 Å². The van der Waals surface area contributed by atoms with E-state index in [9.17, 15) is 9.35 Å². The van der Waals surface area contributed by atoms with E-state index in [1.165, 1.54) is 6.92 Å². The second kappa shape index (κ2) is 14.3. The van der Waals surface area contributed by atoms with Crippen LogP contribution in [0.5, 0.6) is 11.5 Å². The number of carbonyl (C=O) groups is 1. The zero-order valence-electron chi connectivity index (χ0n) is 21.5. The molecule has 2 aromatic carbocycles. The van der Waals surface area contributed by atoms with Crippen molar-refractivity contribution in [3.05, 3.63) is 47.0 Å². The zero-order valence-corrected chi connectivity index (χ0v) is 23.9. The van der Waals surface area contributed by atoms with Gasteiger partial charge in [-0.3, -0.25) is 9.69 Å². The van der Waals surface area contributed by atoms with Gasteiger partial charge in [-0.2, -0.15) is 0 Å². The van der Waals surface area contributed by atoms with Crippen LogP contribution in [0.4, 0.5) is 5.69 Å². The maximum Gasteiger partial charge on any atom is 0.230 e. The van der Waals surface area contributed by atoms with E-state index in [2.05, 4.69) is 18.7 Å². The molecule has 10 heteroatoms. The predicted octanol–water partition coefficient (Wildman–Crippen LogP) is 5.32. The summed E-state index contributed by atoms with van der Waals surface area (Å²) in [7, 11) is 3.29. The Labute approximate surface area is 228 Å². The van der Waals surface area contributed by atoms with Gasteiger partial charge in [-0.15, -0.1) is 12.4 Å². The van der Waals surface area contributed by atoms with Gasteiger partial charge in [0, 0.05) is 55.9 Å². The van der Waals surface area contributed by atoms with Crippen LogP contribution in [0, 0.1) is 5.92 Å². The quantitative estimate of drug-likeness (QED) is 0.259. The maximum atomic E-state index is 13.6. The van der Waals surface area contributed by atoms with Gasteiger partial charge in [-0.1, -0.05) is 25.4 Å². The first-order valence-corrected chi connectivity index (χ1v) is 13.4. The van der Waals surface area contributed by atoms with Crippen molar-refractivity contribution in [3.8, 4) is 11.5 Å². The molecule has 7 nitrogen and oxygen atoms in total. The van der Waals surface area contributed by atoms with Gasteiger partial charge in [-0.05, 0) is 42.7 Å². The number of ether oxygens (including phenoxy) is 3. The third kappa shape index (κ3) is 7.43. The molecule has 0 saturated carbocycles. The number of hydrogen-bond donors (Lipinski definition) is 0. The molecule has 36 heavy (non-hydrogen) atoms. The van der Waals surface area contributed by atoms with Crippen LogP contribution in [0.2, 0.25) is 5.02 Å². The Hall–Kier alpha value is -1.68. The highest BCUT2D eigenvalue weighted by Crippen LogP contribution is 2.49. The molecule has 2 atom stereocenters. The van der Waals surface area contributed by atoms with Gasteiger partial charge in [0.1, 0.15) is 17.2 Å². The normalized spacial score (nSPS) is 16.8. The molecular formula is C26H36Cl2N2O5S. The van der Waals surface area contributed by atoms with E-state index in [0.717, 1.165) is 26.1 Å². The lowest BCUT2D eigenvalue weighted by Gasteiger charge is -2.26. The summed E-state index contributed by atoms with van der Waals surface area (Å²) in [6, 6.07) is 10.5. The molecule has 0 radical (unpaired) electrons. The van der Waals surface area contributed by atoms with Crippen LogP contribution in [0.3, 0.4) is 0 Å². The van der Waals surface area contributed by atoms with Crippen LogP contribution in [0.1, 0.15) is 38.1 Å². The van der Waals surface area contributed by atoms with Crippen LogP contribution < -0.4 is 14.4 Å². The minimum absolute atomic E-state index is 0. The number of amides is 1. The van der Waals surface area contributed by atoms with Gasteiger partial charge in [0.05, 0.1) is 25.9 Å². The molecule has 3 rings (SSSR count). The van der Waals surface area contributed by atoms with Gasteiger partial charge in [0.25, 0.3) is 0 Å². The van der Waals surface area contributed by atoms with E-state index in [1.54, 1.807) is 43.4 Å². The van der Waals surface area contributed by atoms with Crippen LogP contribution in [0.15, 0.2) is 41.3 Å². The van der Waals surface area contributed by atoms with E-state index >= 15 is 0 Å². The van der Waals surface area contributed by atoms with Gasteiger partial charge < -0.3 is 23.7 Å². The number of methoxy groups -OCH3 is 2. The molecule has 200 valence electrons. The van der Waals surface area contributed by atoms with Crippen molar-refractivity contribution in [2.75, 3.05) is 52.0 Å². The minimum Gasteiger partial charge on any atom is -0.609 e. The highest BCUT2D eigenvalue weighted by Gasteiger charge is 2.47. The third-order valence-electron chi connectivity index (χ3n) is 5.77. The fraction of sp³-hybridized carbons (Fsp3) is 0.500. The molecular weight excluding hydrogens is 523 g/mol. The number of hydrogen-bond acceptors (Lipinski definition) is 6. The summed E-state index contributed by atoms with van der Waals surface area (Å²) in [5, 5.41) is -0.256. The summed E-state index contributed by atoms with van der Waals surface area (Å²) in [5.74, 6) is 1.54. The van der Waals surface area contributed by atoms with Crippen molar-refractivity contribution in [2.24, 2.45) is 5.92 Å². The maximum absolute atomic E-state index is 13.6. The molecule has 1 aliphatic heterocycles. The number of carbonyl (C=O) groups excluding carboxylic acids is 1. The number of anilines is 1. The standard InChI is InChI=1S/C26H35ClN2O5S.ClH/c1-18(2)17-28(12-14-32-4)11-6-13-34-24-10-8-21(33-5)16-22(24)26-29(19(3)30)23-9-7-20(27)15-25(23)35(26)31;/h7-10,15-16,18,26H,6,11-14,17H2,1-5H3;1H. The molecule has 0 aliphatic carbocycles. The van der Waals surface area contributed by atoms with Crippen LogP contribution in [0.25, 0.3) is 0 Å². The van der Waals surface area contributed by atoms with Gasteiger partial charge in [-0.25, -0.2) is 0 Å². The molecule has 2 unspecified atom stereocenters. The highest BCUT2D eigenvalue weighted by atomic mass is 35.5. The summed E-state index contributed by atoms with van der Waals surface area (Å²) in [6.45, 7) is 9.80. The van der Waals surface area contributed by atoms with Crippen molar-refractivity contribution < 1.29 is 23.6 Å². The summed E-state index contributed by atoms with van der Waals surface area (Å²) in [4.78, 5) is 17.1. The van der Waals surface area contributed by atoms with Gasteiger partial charge in [0.2, 0.25) is 11.3 Å². The molecule has 0 fully saturated rings. The molecule has 1 heterocycles. The Morgan fingerprint density at radius 1 is 1.17 bits per heavy atom. The van der Waals surface area contributed by atoms with Gasteiger partial charge >= 0.3 is 0 Å². The molecule has 1 aliphatic rings. The monoisotopic (exact) mass is 558 g/mol. The lowest BCUT2D eigenvalue weighted by molar-refractivity contribution is -0.116. The average Bonchev–Trinajstić information content (AvgIpc) is 3.11. The topological polar surface area (TPSA) is 74.3 Å². The summed E-state index contributed by atoms with van der Waals surface area (Å²) in [6.07, 6.45) is 0.821. The number of benzene rings is 2. The van der Waals surface area contributed by atoms with Crippen LogP contribution in [-0.4, -0.2) is 62.4 Å². The second-order valence-corrected chi connectivity index (χ2v) is 10.9. The number of fused-ring (bicyclic) bond motifs is 1. The summed E-state index contributed by atoms with van der Waals surface area (Å²) < 4.78 is 30.5. The molecule has 1 amide bonds. The van der Waals surface area contributed by atoms with Crippen molar-refractivity contribution in [1.29, 1.82) is 0 Å². The number of halogens is 2. The molecule has 0 spiro atoms. The minimum atomic E-state index is -1.53. The molecule has 0 saturated heterocycles. The van der Waals surface area contributed by atoms with Crippen molar-refractivity contribution in [3.63, 3.8) is 0 Å². The molecule has 0 bridgehead atoms. The van der Waals surface area contributed by atoms with Crippen molar-refractivity contribution in [1.82, 2.24) is 4.90 Å². The van der Waals surface area contributed by atoms with Crippen LogP contribution >= 0.6 is 24.0 Å². The van der Waals surface area contributed by atoms with Crippen molar-refractivity contribution in [2.45, 2.75) is 37.5 Å². The first kappa shape index (κ1) is 30.5. The highest BCUT2D eigenvalue weighted by molar-refractivity contribution is 7.92. The Morgan fingerprint density at radius 3 is 2.56 bits per heavy atom. The molecule has 0 N–H and O–H groups in total. The fourth-order valence-electron chi connectivity index (χ4n) is 4.26. The Morgan fingerprint density at radius 2 is 1.92 bits per heavy atom. The lowest BCUT2D eigenvalue weighted by Crippen LogP contribution is -2.33. The smallest absolute Gasteiger partial charge is 0.230 e. The Kier molecular flexibility index (Phi) is 12.1. The molecule has 0 aromatic heterocycles. The predicted molar refractivity (Wildman–Crippen MR) is 147 cm³/mol. The van der Waals surface area contributed by atoms with Gasteiger partial charge in [0.15, 0.2) is 4.90 Å². The summed E-state index contributed by atoms with van der Waals surface area (Å²) in [5.41, 5.74) is 1.24. The third-order valence-corrected chi connectivity index (χ3v) is 7.63. The van der Waals surface area contributed by atoms with Crippen LogP contribution in [-0.2, 0) is 20.7 Å². The van der Waals surface area contributed by atoms with E-state index in [0.29, 0.717) is 51.8 Å². The van der Waals surface area contributed by atoms with E-state index in [4.69, 9.17) is 25.8 Å². The Balaban J connectivity index is 0.00000456. The number of nitrogens with zero attached hydrogens (tertiary/aromatic N) is 2. The second-order valence-electron chi connectivity index (χ2n) is 8.94. The fourth-order valence-corrected chi connectivity index (χ4v) is 6.22. The largest absolute Gasteiger partial charge is 0.609 e. The first-order chi connectivity index (χ1) is 16.8. The lowest BCUT2D eigenvalue weighted by atomic mass is 10.1. The van der Waals surface area contributed by atoms with E-state index in [1.807, 2.05) is 12.1 Å². The Bertz CT molecular complexity index is 1010. The zero-order chi connectivity index (χ0) is 25.5. The van der Waals surface area contributed by atoms with Crippen molar-refractivity contribution >= 4 is 46.8 Å². The first-order valence-electron chi connectivity index (χ1n) is 11.8. The SMILES string of the molecule is COCCN(CCCOc1ccc(OC)cc1C1N(C(C)=O)c2ccc(Cl)cc2[S+]1[O-])CC(C)C.Cl. The van der Waals surface area contributed by atoms with E-state index < -0.39 is 16.5 Å². The average molecular weight is 560 g/mol. The number of rotatable bonds is 12. The molecule has 2 aromatic rings.